The van der Waals surface area contributed by atoms with Crippen LogP contribution >= 0.6 is 0 Å². The molecule has 0 atom stereocenters. The van der Waals surface area contributed by atoms with Crippen LogP contribution < -0.4 is 16.4 Å². The molecule has 2 aliphatic rings. The SMILES string of the molecule is Nc1cc(C2(S(=O)(=O)c3cc(F)cc(F)c3)CC2)nc(-c2ccc(NC(=O)NC3CCC3)cc2)n1. The van der Waals surface area contributed by atoms with E-state index in [1.807, 2.05) is 0 Å². The highest BCUT2D eigenvalue weighted by Crippen LogP contribution is 2.55. The molecule has 1 heterocycles. The van der Waals surface area contributed by atoms with Gasteiger partial charge in [0.25, 0.3) is 0 Å². The van der Waals surface area contributed by atoms with Gasteiger partial charge in [0, 0.05) is 29.4 Å². The second kappa shape index (κ2) is 8.56. The molecule has 11 heteroatoms. The van der Waals surface area contributed by atoms with Crippen molar-refractivity contribution in [1.29, 1.82) is 0 Å². The zero-order chi connectivity index (χ0) is 24.8. The summed E-state index contributed by atoms with van der Waals surface area (Å²) in [6, 6.07) is 10.3. The van der Waals surface area contributed by atoms with E-state index in [-0.39, 0.29) is 42.3 Å². The smallest absolute Gasteiger partial charge is 0.319 e. The third-order valence-corrected chi connectivity index (χ3v) is 8.92. The van der Waals surface area contributed by atoms with E-state index in [1.165, 1.54) is 6.07 Å². The fraction of sp³-hybridized carbons (Fsp3) is 0.292. The van der Waals surface area contributed by atoms with Crippen molar-refractivity contribution in [3.8, 4) is 11.4 Å². The lowest BCUT2D eigenvalue weighted by Crippen LogP contribution is -2.41. The third-order valence-electron chi connectivity index (χ3n) is 6.42. The van der Waals surface area contributed by atoms with Crippen molar-refractivity contribution in [3.63, 3.8) is 0 Å². The van der Waals surface area contributed by atoms with Crippen molar-refractivity contribution in [1.82, 2.24) is 15.3 Å². The molecule has 35 heavy (non-hydrogen) atoms. The minimum absolute atomic E-state index is 0.0685. The predicted molar refractivity (Wildman–Crippen MR) is 126 cm³/mol. The van der Waals surface area contributed by atoms with E-state index in [0.717, 1.165) is 31.4 Å². The summed E-state index contributed by atoms with van der Waals surface area (Å²) < 4.78 is 52.7. The molecule has 8 nitrogen and oxygen atoms in total. The van der Waals surface area contributed by atoms with Crippen LogP contribution in [0.4, 0.5) is 25.1 Å². The van der Waals surface area contributed by atoms with Gasteiger partial charge in [-0.2, -0.15) is 0 Å². The molecule has 0 bridgehead atoms. The Kier molecular flexibility index (Phi) is 5.66. The number of rotatable bonds is 6. The molecule has 1 aromatic heterocycles. The van der Waals surface area contributed by atoms with Crippen LogP contribution in [0.15, 0.2) is 53.4 Å². The third kappa shape index (κ3) is 4.43. The average molecular weight is 500 g/mol. The number of nitrogens with zero attached hydrogens (tertiary/aromatic N) is 2. The van der Waals surface area contributed by atoms with Gasteiger partial charge in [0.2, 0.25) is 0 Å². The maximum Gasteiger partial charge on any atom is 0.319 e. The second-order valence-electron chi connectivity index (χ2n) is 8.91. The lowest BCUT2D eigenvalue weighted by Gasteiger charge is -2.26. The Labute approximate surface area is 200 Å². The second-order valence-corrected chi connectivity index (χ2v) is 11.2. The standard InChI is InChI=1S/C24H23F2N5O3S/c25-15-10-16(26)12-19(11-15)35(33,34)24(8-9-24)20-13-21(27)31-22(30-20)14-4-6-18(7-5-14)29-23(32)28-17-2-1-3-17/h4-7,10-13,17H,1-3,8-9H2,(H2,27,30,31)(H2,28,29,32). The minimum atomic E-state index is -4.15. The number of carbonyl (C=O) groups is 1. The van der Waals surface area contributed by atoms with Crippen LogP contribution in [-0.4, -0.2) is 30.5 Å². The summed E-state index contributed by atoms with van der Waals surface area (Å²) in [4.78, 5) is 20.3. The summed E-state index contributed by atoms with van der Waals surface area (Å²) in [5.74, 6) is -1.67. The monoisotopic (exact) mass is 499 g/mol. The molecule has 5 rings (SSSR count). The fourth-order valence-corrected chi connectivity index (χ4v) is 6.13. The molecular weight excluding hydrogens is 476 g/mol. The molecule has 3 aromatic rings. The van der Waals surface area contributed by atoms with Crippen LogP contribution in [0, 0.1) is 11.6 Å². The highest BCUT2D eigenvalue weighted by Gasteiger charge is 2.58. The average Bonchev–Trinajstić information content (AvgIpc) is 3.59. The van der Waals surface area contributed by atoms with Gasteiger partial charge in [-0.1, -0.05) is 0 Å². The van der Waals surface area contributed by atoms with Crippen molar-refractivity contribution in [2.75, 3.05) is 11.1 Å². The maximum absolute atomic E-state index is 13.7. The quantitative estimate of drug-likeness (QED) is 0.468. The van der Waals surface area contributed by atoms with Gasteiger partial charge < -0.3 is 16.4 Å². The maximum atomic E-state index is 13.7. The number of anilines is 2. The van der Waals surface area contributed by atoms with Crippen LogP contribution in [0.1, 0.15) is 37.8 Å². The van der Waals surface area contributed by atoms with E-state index < -0.39 is 31.1 Å². The number of carbonyl (C=O) groups excluding carboxylic acids is 1. The number of amides is 2. The lowest BCUT2D eigenvalue weighted by molar-refractivity contribution is 0.240. The molecule has 0 spiro atoms. The Morgan fingerprint density at radius 2 is 1.66 bits per heavy atom. The van der Waals surface area contributed by atoms with Crippen molar-refractivity contribution in [2.45, 2.75) is 47.8 Å². The van der Waals surface area contributed by atoms with E-state index in [1.54, 1.807) is 24.3 Å². The number of nitrogen functional groups attached to an aromatic ring is 1. The van der Waals surface area contributed by atoms with Gasteiger partial charge in [0.1, 0.15) is 22.2 Å². The minimum Gasteiger partial charge on any atom is -0.384 e. The largest absolute Gasteiger partial charge is 0.384 e. The normalized spacial score (nSPS) is 16.9. The summed E-state index contributed by atoms with van der Waals surface area (Å²) in [7, 11) is -4.15. The Bertz CT molecular complexity index is 1380. The number of aromatic nitrogens is 2. The van der Waals surface area contributed by atoms with Gasteiger partial charge in [-0.15, -0.1) is 0 Å². The van der Waals surface area contributed by atoms with Crippen LogP contribution in [0.3, 0.4) is 0 Å². The number of urea groups is 1. The number of benzene rings is 2. The van der Waals surface area contributed by atoms with Gasteiger partial charge in [-0.3, -0.25) is 0 Å². The van der Waals surface area contributed by atoms with Gasteiger partial charge in [0.15, 0.2) is 15.7 Å². The first kappa shape index (κ1) is 23.2. The Morgan fingerprint density at radius 1 is 1.00 bits per heavy atom. The lowest BCUT2D eigenvalue weighted by atomic mass is 9.93. The first-order valence-electron chi connectivity index (χ1n) is 11.2. The van der Waals surface area contributed by atoms with Gasteiger partial charge in [-0.05, 0) is 68.5 Å². The topological polar surface area (TPSA) is 127 Å². The van der Waals surface area contributed by atoms with E-state index in [9.17, 15) is 22.0 Å². The van der Waals surface area contributed by atoms with Crippen LogP contribution in [0.2, 0.25) is 0 Å². The molecule has 2 amide bonds. The Morgan fingerprint density at radius 3 is 2.23 bits per heavy atom. The van der Waals surface area contributed by atoms with Crippen molar-refractivity contribution < 1.29 is 22.0 Å². The first-order chi connectivity index (χ1) is 16.7. The molecule has 2 saturated carbocycles. The number of hydrogen-bond donors (Lipinski definition) is 3. The number of hydrogen-bond acceptors (Lipinski definition) is 6. The molecule has 2 aromatic carbocycles. The molecule has 4 N–H and O–H groups in total. The fourth-order valence-electron chi connectivity index (χ4n) is 4.12. The Hall–Kier alpha value is -3.60. The first-order valence-corrected chi connectivity index (χ1v) is 12.7. The zero-order valence-electron chi connectivity index (χ0n) is 18.6. The molecule has 0 saturated heterocycles. The van der Waals surface area contributed by atoms with Crippen molar-refractivity contribution in [3.05, 3.63) is 65.9 Å². The van der Waals surface area contributed by atoms with Crippen LogP contribution in [-0.2, 0) is 14.6 Å². The molecule has 0 radical (unpaired) electrons. The zero-order valence-corrected chi connectivity index (χ0v) is 19.4. The van der Waals surface area contributed by atoms with Crippen LogP contribution in [0.25, 0.3) is 11.4 Å². The van der Waals surface area contributed by atoms with E-state index in [2.05, 4.69) is 20.6 Å². The van der Waals surface area contributed by atoms with E-state index in [4.69, 9.17) is 5.73 Å². The highest BCUT2D eigenvalue weighted by atomic mass is 32.2. The van der Waals surface area contributed by atoms with Gasteiger partial charge >= 0.3 is 6.03 Å². The highest BCUT2D eigenvalue weighted by molar-refractivity contribution is 7.92. The summed E-state index contributed by atoms with van der Waals surface area (Å²) in [5, 5.41) is 5.66. The van der Waals surface area contributed by atoms with E-state index in [0.29, 0.717) is 17.3 Å². The van der Waals surface area contributed by atoms with Crippen molar-refractivity contribution in [2.24, 2.45) is 0 Å². The summed E-state index contributed by atoms with van der Waals surface area (Å²) >= 11 is 0. The van der Waals surface area contributed by atoms with Gasteiger partial charge in [0.05, 0.1) is 10.6 Å². The molecule has 0 aliphatic heterocycles. The number of sulfone groups is 1. The van der Waals surface area contributed by atoms with E-state index >= 15 is 0 Å². The molecule has 2 fully saturated rings. The van der Waals surface area contributed by atoms with Crippen molar-refractivity contribution >= 4 is 27.4 Å². The predicted octanol–water partition coefficient (Wildman–Crippen LogP) is 4.14. The number of halogens is 2. The molecule has 0 unspecified atom stereocenters. The summed E-state index contributed by atoms with van der Waals surface area (Å²) in [6.45, 7) is 0. The number of nitrogens with one attached hydrogen (secondary N) is 2. The molecular formula is C24H23F2N5O3S. The van der Waals surface area contributed by atoms with Gasteiger partial charge in [-0.25, -0.2) is 32.0 Å². The van der Waals surface area contributed by atoms with Crippen LogP contribution in [0.5, 0.6) is 0 Å². The number of nitrogens with two attached hydrogens (primary N) is 1. The summed E-state index contributed by atoms with van der Waals surface area (Å²) in [6.07, 6.45) is 3.55. The molecule has 2 aliphatic carbocycles. The molecule has 182 valence electrons. The summed E-state index contributed by atoms with van der Waals surface area (Å²) in [5.41, 5.74) is 7.29. The Balaban J connectivity index is 1.41.